The van der Waals surface area contributed by atoms with E-state index in [9.17, 15) is 0 Å². The summed E-state index contributed by atoms with van der Waals surface area (Å²) in [4.78, 5) is 0. The van der Waals surface area contributed by atoms with E-state index in [0.717, 1.165) is 0 Å². The Balaban J connectivity index is 2.21. The van der Waals surface area contributed by atoms with Gasteiger partial charge in [-0.05, 0) is 12.1 Å². The SMILES string of the molecule is C=CCOCn1c2ccccc2c2ccccc21. The van der Waals surface area contributed by atoms with Crippen LogP contribution < -0.4 is 0 Å². The largest absolute Gasteiger partial charge is 0.357 e. The zero-order valence-electron chi connectivity index (χ0n) is 10.2. The van der Waals surface area contributed by atoms with E-state index in [0.29, 0.717) is 13.3 Å². The van der Waals surface area contributed by atoms with E-state index in [2.05, 4.69) is 59.7 Å². The van der Waals surface area contributed by atoms with Gasteiger partial charge in [-0.15, -0.1) is 6.58 Å². The molecule has 1 heterocycles. The number of aromatic nitrogens is 1. The van der Waals surface area contributed by atoms with Gasteiger partial charge in [-0.2, -0.15) is 0 Å². The van der Waals surface area contributed by atoms with Crippen molar-refractivity contribution >= 4 is 21.8 Å². The standard InChI is InChI=1S/C16H15NO/c1-2-11-18-12-17-15-9-5-3-7-13(15)14-8-4-6-10-16(14)17/h2-10H,1,11-12H2. The van der Waals surface area contributed by atoms with Gasteiger partial charge in [-0.3, -0.25) is 0 Å². The second-order valence-corrected chi connectivity index (χ2v) is 4.25. The van der Waals surface area contributed by atoms with Crippen molar-refractivity contribution in [3.63, 3.8) is 0 Å². The number of nitrogens with zero attached hydrogens (tertiary/aromatic N) is 1. The van der Waals surface area contributed by atoms with Crippen molar-refractivity contribution in [1.82, 2.24) is 4.57 Å². The molecule has 3 rings (SSSR count). The molecule has 90 valence electrons. The molecule has 2 heteroatoms. The van der Waals surface area contributed by atoms with Gasteiger partial charge >= 0.3 is 0 Å². The maximum Gasteiger partial charge on any atom is 0.123 e. The molecule has 0 atom stereocenters. The van der Waals surface area contributed by atoms with Gasteiger partial charge in [0.25, 0.3) is 0 Å². The lowest BCUT2D eigenvalue weighted by molar-refractivity contribution is 0.106. The molecule has 3 aromatic rings. The minimum atomic E-state index is 0.556. The van der Waals surface area contributed by atoms with Crippen molar-refractivity contribution in [2.75, 3.05) is 6.61 Å². The Labute approximate surface area is 106 Å². The predicted molar refractivity (Wildman–Crippen MR) is 75.6 cm³/mol. The molecule has 0 unspecified atom stereocenters. The van der Waals surface area contributed by atoms with Gasteiger partial charge < -0.3 is 9.30 Å². The van der Waals surface area contributed by atoms with Crippen molar-refractivity contribution in [2.45, 2.75) is 6.73 Å². The number of fused-ring (bicyclic) bond motifs is 3. The van der Waals surface area contributed by atoms with Crippen molar-refractivity contribution < 1.29 is 4.74 Å². The summed E-state index contributed by atoms with van der Waals surface area (Å²) in [5.74, 6) is 0. The summed E-state index contributed by atoms with van der Waals surface area (Å²) in [6.07, 6.45) is 1.77. The van der Waals surface area contributed by atoms with Gasteiger partial charge in [-0.25, -0.2) is 0 Å². The Morgan fingerprint density at radius 2 is 1.50 bits per heavy atom. The third-order valence-electron chi connectivity index (χ3n) is 3.14. The van der Waals surface area contributed by atoms with Crippen LogP contribution in [0.15, 0.2) is 61.2 Å². The Morgan fingerprint density at radius 1 is 0.944 bits per heavy atom. The second-order valence-electron chi connectivity index (χ2n) is 4.25. The first-order valence-electron chi connectivity index (χ1n) is 6.06. The highest BCUT2D eigenvalue weighted by molar-refractivity contribution is 6.07. The van der Waals surface area contributed by atoms with Crippen LogP contribution >= 0.6 is 0 Å². The molecule has 0 fully saturated rings. The number of ether oxygens (including phenoxy) is 1. The van der Waals surface area contributed by atoms with Crippen LogP contribution in [-0.2, 0) is 11.5 Å². The normalized spacial score (nSPS) is 11.1. The monoisotopic (exact) mass is 237 g/mol. The Morgan fingerprint density at radius 3 is 2.06 bits per heavy atom. The number of hydrogen-bond acceptors (Lipinski definition) is 1. The maximum absolute atomic E-state index is 5.59. The van der Waals surface area contributed by atoms with Crippen LogP contribution in [0.3, 0.4) is 0 Å². The lowest BCUT2D eigenvalue weighted by atomic mass is 10.2. The molecular formula is C16H15NO. The molecular weight excluding hydrogens is 222 g/mol. The van der Waals surface area contributed by atoms with E-state index in [1.165, 1.54) is 21.8 Å². The van der Waals surface area contributed by atoms with Crippen LogP contribution in [0.5, 0.6) is 0 Å². The van der Waals surface area contributed by atoms with Crippen LogP contribution in [0, 0.1) is 0 Å². The average Bonchev–Trinajstić information content (AvgIpc) is 2.74. The minimum Gasteiger partial charge on any atom is -0.357 e. The zero-order chi connectivity index (χ0) is 12.4. The second kappa shape index (κ2) is 4.67. The lowest BCUT2D eigenvalue weighted by Gasteiger charge is -2.06. The molecule has 0 aliphatic heterocycles. The third kappa shape index (κ3) is 1.71. The Hall–Kier alpha value is -2.06. The van der Waals surface area contributed by atoms with Gasteiger partial charge in [0.1, 0.15) is 6.73 Å². The highest BCUT2D eigenvalue weighted by atomic mass is 16.5. The summed E-state index contributed by atoms with van der Waals surface area (Å²) in [5, 5.41) is 2.55. The Kier molecular flexibility index (Phi) is 2.87. The third-order valence-corrected chi connectivity index (χ3v) is 3.14. The molecule has 0 spiro atoms. The van der Waals surface area contributed by atoms with Crippen molar-refractivity contribution in [1.29, 1.82) is 0 Å². The molecule has 0 aliphatic rings. The zero-order valence-corrected chi connectivity index (χ0v) is 10.2. The fraction of sp³-hybridized carbons (Fsp3) is 0.125. The molecule has 0 aliphatic carbocycles. The van der Waals surface area contributed by atoms with E-state index < -0.39 is 0 Å². The van der Waals surface area contributed by atoms with Crippen LogP contribution in [0.2, 0.25) is 0 Å². The number of hydrogen-bond donors (Lipinski definition) is 0. The van der Waals surface area contributed by atoms with Crippen molar-refractivity contribution in [2.24, 2.45) is 0 Å². The topological polar surface area (TPSA) is 14.2 Å². The molecule has 2 nitrogen and oxygen atoms in total. The number of benzene rings is 2. The van der Waals surface area contributed by atoms with Crippen LogP contribution in [0.25, 0.3) is 21.8 Å². The highest BCUT2D eigenvalue weighted by Gasteiger charge is 2.08. The van der Waals surface area contributed by atoms with E-state index in [-0.39, 0.29) is 0 Å². The van der Waals surface area contributed by atoms with Crippen LogP contribution in [-0.4, -0.2) is 11.2 Å². The molecule has 0 amide bonds. The molecule has 0 bridgehead atoms. The first kappa shape index (κ1) is 11.1. The Bertz CT molecular complexity index is 643. The molecule has 2 aromatic carbocycles. The molecule has 1 aromatic heterocycles. The molecule has 0 N–H and O–H groups in total. The van der Waals surface area contributed by atoms with E-state index >= 15 is 0 Å². The van der Waals surface area contributed by atoms with E-state index in [1.54, 1.807) is 6.08 Å². The van der Waals surface area contributed by atoms with E-state index in [1.807, 2.05) is 0 Å². The summed E-state index contributed by atoms with van der Waals surface area (Å²) in [6, 6.07) is 16.8. The van der Waals surface area contributed by atoms with Crippen LogP contribution in [0.4, 0.5) is 0 Å². The first-order chi connectivity index (χ1) is 8.92. The van der Waals surface area contributed by atoms with Gasteiger partial charge in [-0.1, -0.05) is 42.5 Å². The fourth-order valence-electron chi connectivity index (χ4n) is 2.37. The summed E-state index contributed by atoms with van der Waals surface area (Å²) >= 11 is 0. The molecule has 0 saturated carbocycles. The minimum absolute atomic E-state index is 0.556. The quantitative estimate of drug-likeness (QED) is 0.495. The van der Waals surface area contributed by atoms with Gasteiger partial charge in [0.2, 0.25) is 0 Å². The highest BCUT2D eigenvalue weighted by Crippen LogP contribution is 2.28. The summed E-state index contributed by atoms with van der Waals surface area (Å²) in [5.41, 5.74) is 2.42. The summed E-state index contributed by atoms with van der Waals surface area (Å²) in [6.45, 7) is 4.80. The summed E-state index contributed by atoms with van der Waals surface area (Å²) < 4.78 is 7.79. The number of rotatable bonds is 4. The number of para-hydroxylation sites is 2. The van der Waals surface area contributed by atoms with Crippen molar-refractivity contribution in [3.8, 4) is 0 Å². The summed E-state index contributed by atoms with van der Waals surface area (Å²) in [7, 11) is 0. The molecule has 0 saturated heterocycles. The average molecular weight is 237 g/mol. The van der Waals surface area contributed by atoms with Gasteiger partial charge in [0.05, 0.1) is 17.6 Å². The fourth-order valence-corrected chi connectivity index (χ4v) is 2.37. The van der Waals surface area contributed by atoms with Gasteiger partial charge in [0.15, 0.2) is 0 Å². The van der Waals surface area contributed by atoms with E-state index in [4.69, 9.17) is 4.74 Å². The predicted octanol–water partition coefficient (Wildman–Crippen LogP) is 3.95. The maximum atomic E-state index is 5.59. The van der Waals surface area contributed by atoms with Crippen LogP contribution in [0.1, 0.15) is 0 Å². The van der Waals surface area contributed by atoms with Crippen molar-refractivity contribution in [3.05, 3.63) is 61.2 Å². The first-order valence-corrected chi connectivity index (χ1v) is 6.06. The smallest absolute Gasteiger partial charge is 0.123 e. The van der Waals surface area contributed by atoms with Gasteiger partial charge in [0, 0.05) is 10.8 Å². The molecule has 18 heavy (non-hydrogen) atoms. The lowest BCUT2D eigenvalue weighted by Crippen LogP contribution is -2.01. The molecule has 0 radical (unpaired) electrons.